The maximum absolute atomic E-state index is 13.4. The number of fused-ring (bicyclic) bond motifs is 1. The Hall–Kier alpha value is -6.02. The van der Waals surface area contributed by atoms with Crippen LogP contribution in [0, 0.1) is 13.8 Å². The maximum Gasteiger partial charge on any atom is 0.399 e. The minimum atomic E-state index is -4.45. The van der Waals surface area contributed by atoms with Crippen LogP contribution in [0.5, 0.6) is 0 Å². The van der Waals surface area contributed by atoms with Crippen molar-refractivity contribution in [3.05, 3.63) is 75.7 Å². The number of anilines is 4. The number of rotatable bonds is 9. The number of aryl methyl sites for hydroxylation is 2. The van der Waals surface area contributed by atoms with Crippen molar-refractivity contribution in [2.45, 2.75) is 96.8 Å². The fraction of sp³-hybridized carbons (Fsp3) is 0.465. The fourth-order valence-corrected chi connectivity index (χ4v) is 9.19. The monoisotopic (exact) mass is 888 g/mol. The number of aromatic nitrogens is 6. The largest absolute Gasteiger partial charge is 0.399 e. The Balaban J connectivity index is 0.000000190. The third-order valence-electron chi connectivity index (χ3n) is 11.9. The average molecular weight is 889 g/mol. The molecular formula is C43H51F3N12O4S. The van der Waals surface area contributed by atoms with Crippen LogP contribution in [0.4, 0.5) is 40.6 Å². The number of carbonyl (C=O) groups excluding carboxylic acids is 3. The van der Waals surface area contributed by atoms with E-state index in [-0.39, 0.29) is 33.8 Å². The summed E-state index contributed by atoms with van der Waals surface area (Å²) < 4.78 is 41.9. The molecule has 0 spiro atoms. The highest BCUT2D eigenvalue weighted by molar-refractivity contribution is 7.19. The summed E-state index contributed by atoms with van der Waals surface area (Å²) in [5.74, 6) is 0.239. The number of amides is 3. The van der Waals surface area contributed by atoms with Crippen LogP contribution in [0.2, 0.25) is 0 Å². The van der Waals surface area contributed by atoms with Crippen LogP contribution in [0.3, 0.4) is 0 Å². The molecule has 63 heavy (non-hydrogen) atoms. The molecule has 3 amide bonds. The normalized spacial score (nSPS) is 17.1. The second-order valence-corrected chi connectivity index (χ2v) is 17.5. The molecular weight excluding hydrogens is 838 g/mol. The molecule has 0 aromatic carbocycles. The molecule has 1 aliphatic carbocycles. The topological polar surface area (TPSA) is 206 Å². The van der Waals surface area contributed by atoms with Gasteiger partial charge in [0.15, 0.2) is 10.9 Å². The van der Waals surface area contributed by atoms with Gasteiger partial charge in [0.25, 0.3) is 5.56 Å². The number of nitrogens with two attached hydrogens (primary N) is 1. The first-order chi connectivity index (χ1) is 29.9. The standard InChI is InChI=1S/C24H29N7O2.C19H22F3N5O2S/c1-15-19-14-27-24(28-20-8-7-18(13-26-20)30-11-9-25-10-12-30)29-22(19)31(17-5-3-4-6-17)23(33)21(15)16(2)32;1-10-14(11-6-7-24-13(9-11)18(2,3)19(20,21)22)30-16(25-10)26-17(29)27-8-4-5-12(27)15(23)28/h7-8,13-14,17,25H,3-6,9-12H2,1-2H3,(H,26,27,28,29);6-7,9,12H,4-5,8H2,1-3H3,(H2,23,28)(H,25,26,29). The van der Waals surface area contributed by atoms with E-state index >= 15 is 0 Å². The number of primary amides is 1. The van der Waals surface area contributed by atoms with Crippen molar-refractivity contribution in [1.82, 2.24) is 39.7 Å². The third-order valence-corrected chi connectivity index (χ3v) is 13.1. The Kier molecular flexibility index (Phi) is 13.1. The van der Waals surface area contributed by atoms with Crippen LogP contribution < -0.4 is 32.1 Å². The van der Waals surface area contributed by atoms with E-state index in [2.05, 4.69) is 40.8 Å². The van der Waals surface area contributed by atoms with Gasteiger partial charge in [0.1, 0.15) is 22.9 Å². The minimum Gasteiger partial charge on any atom is -0.368 e. The van der Waals surface area contributed by atoms with Gasteiger partial charge in [-0.2, -0.15) is 18.2 Å². The molecule has 7 heterocycles. The van der Waals surface area contributed by atoms with Gasteiger partial charge < -0.3 is 26.2 Å². The number of nitrogens with one attached hydrogen (secondary N) is 3. The van der Waals surface area contributed by atoms with E-state index in [1.165, 1.54) is 24.1 Å². The molecule has 5 aromatic rings. The zero-order valence-electron chi connectivity index (χ0n) is 35.8. The summed E-state index contributed by atoms with van der Waals surface area (Å²) in [7, 11) is 0. The van der Waals surface area contributed by atoms with Crippen LogP contribution in [-0.2, 0) is 10.2 Å². The Labute approximate surface area is 365 Å². The van der Waals surface area contributed by atoms with Gasteiger partial charge in [-0.15, -0.1) is 0 Å². The highest BCUT2D eigenvalue weighted by Gasteiger charge is 2.49. The van der Waals surface area contributed by atoms with Crippen LogP contribution in [-0.4, -0.2) is 97.1 Å². The Morgan fingerprint density at radius 2 is 1.67 bits per heavy atom. The van der Waals surface area contributed by atoms with E-state index in [0.29, 0.717) is 58.5 Å². The lowest BCUT2D eigenvalue weighted by atomic mass is 9.87. The highest BCUT2D eigenvalue weighted by Crippen LogP contribution is 2.42. The van der Waals surface area contributed by atoms with Gasteiger partial charge in [0.05, 0.1) is 33.7 Å². The summed E-state index contributed by atoms with van der Waals surface area (Å²) >= 11 is 1.14. The molecule has 5 aromatic heterocycles. The summed E-state index contributed by atoms with van der Waals surface area (Å²) in [5, 5.41) is 10.2. The van der Waals surface area contributed by atoms with Gasteiger partial charge in [0, 0.05) is 56.5 Å². The predicted molar refractivity (Wildman–Crippen MR) is 236 cm³/mol. The fourth-order valence-electron chi connectivity index (χ4n) is 8.24. The highest BCUT2D eigenvalue weighted by atomic mass is 32.1. The lowest BCUT2D eigenvalue weighted by molar-refractivity contribution is -0.181. The van der Waals surface area contributed by atoms with Gasteiger partial charge in [0.2, 0.25) is 11.9 Å². The maximum atomic E-state index is 13.4. The van der Waals surface area contributed by atoms with Crippen LogP contribution in [0.25, 0.3) is 21.5 Å². The molecule has 1 saturated carbocycles. The van der Waals surface area contributed by atoms with E-state index in [4.69, 9.17) is 10.7 Å². The van der Waals surface area contributed by atoms with E-state index in [0.717, 1.165) is 88.1 Å². The molecule has 2 aliphatic heterocycles. The Bertz CT molecular complexity index is 2570. The predicted octanol–water partition coefficient (Wildman–Crippen LogP) is 6.80. The Morgan fingerprint density at radius 3 is 2.32 bits per heavy atom. The summed E-state index contributed by atoms with van der Waals surface area (Å²) in [5.41, 5.74) is 6.51. The first-order valence-electron chi connectivity index (χ1n) is 20.9. The number of alkyl halides is 3. The molecule has 2 saturated heterocycles. The number of urea groups is 1. The second kappa shape index (κ2) is 18.4. The molecule has 0 bridgehead atoms. The first kappa shape index (κ1) is 45.0. The third kappa shape index (κ3) is 9.51. The van der Waals surface area contributed by atoms with Crippen molar-refractivity contribution in [2.24, 2.45) is 5.73 Å². The van der Waals surface area contributed by atoms with Gasteiger partial charge in [-0.25, -0.2) is 19.7 Å². The Morgan fingerprint density at radius 1 is 0.937 bits per heavy atom. The summed E-state index contributed by atoms with van der Waals surface area (Å²) in [4.78, 5) is 75.8. The average Bonchev–Trinajstić information content (AvgIpc) is 4.04. The summed E-state index contributed by atoms with van der Waals surface area (Å²) in [6, 6.07) is 5.87. The van der Waals surface area contributed by atoms with Crippen LogP contribution in [0.1, 0.15) is 92.6 Å². The number of thiazole rings is 1. The van der Waals surface area contributed by atoms with E-state index in [1.54, 1.807) is 30.7 Å². The lowest BCUT2D eigenvalue weighted by Crippen LogP contribution is -2.45. The van der Waals surface area contributed by atoms with Gasteiger partial charge in [-0.1, -0.05) is 24.2 Å². The molecule has 20 heteroatoms. The number of piperazine rings is 1. The van der Waals surface area contributed by atoms with E-state index in [9.17, 15) is 32.3 Å². The quantitative estimate of drug-likeness (QED) is 0.113. The smallest absolute Gasteiger partial charge is 0.368 e. The molecule has 3 aliphatic rings. The summed E-state index contributed by atoms with van der Waals surface area (Å²) in [6.07, 6.45) is 5.60. The number of hydrogen-bond acceptors (Lipinski definition) is 13. The van der Waals surface area contributed by atoms with Crippen molar-refractivity contribution < 1.29 is 27.6 Å². The van der Waals surface area contributed by atoms with Crippen molar-refractivity contribution in [2.75, 3.05) is 48.3 Å². The van der Waals surface area contributed by atoms with Crippen molar-refractivity contribution in [1.29, 1.82) is 0 Å². The number of pyridine rings is 3. The van der Waals surface area contributed by atoms with Gasteiger partial charge in [-0.3, -0.25) is 29.3 Å². The molecule has 5 N–H and O–H groups in total. The van der Waals surface area contributed by atoms with E-state index in [1.807, 2.05) is 18.3 Å². The molecule has 3 fully saturated rings. The van der Waals surface area contributed by atoms with Crippen LogP contribution >= 0.6 is 11.3 Å². The molecule has 334 valence electrons. The lowest BCUT2D eigenvalue weighted by Gasteiger charge is -2.29. The number of halogens is 3. The zero-order chi connectivity index (χ0) is 45.2. The number of nitrogens with zero attached hydrogens (tertiary/aromatic N) is 8. The molecule has 8 rings (SSSR count). The molecule has 1 atom stereocenters. The number of ketones is 1. The van der Waals surface area contributed by atoms with Gasteiger partial charge >= 0.3 is 12.2 Å². The first-order valence-corrected chi connectivity index (χ1v) is 21.8. The number of likely N-dealkylation sites (tertiary alicyclic amines) is 1. The van der Waals surface area contributed by atoms with E-state index < -0.39 is 29.6 Å². The second-order valence-electron chi connectivity index (χ2n) is 16.5. The minimum absolute atomic E-state index is 0.0536. The van der Waals surface area contributed by atoms with Crippen molar-refractivity contribution in [3.8, 4) is 10.4 Å². The van der Waals surface area contributed by atoms with Crippen LogP contribution in [0.15, 0.2) is 47.7 Å². The number of hydrogen-bond donors (Lipinski definition) is 4. The van der Waals surface area contributed by atoms with Crippen molar-refractivity contribution in [3.63, 3.8) is 0 Å². The van der Waals surface area contributed by atoms with Gasteiger partial charge in [-0.05, 0) is 95.7 Å². The molecule has 0 radical (unpaired) electrons. The number of Topliss-reactive ketones (excluding diaryl/α,β-unsaturated/α-hetero) is 1. The summed E-state index contributed by atoms with van der Waals surface area (Å²) in [6.45, 7) is 11.4. The SMILES string of the molecule is CC(=O)c1c(C)c2cnc(Nc3ccc(N4CCNCC4)cn3)nc2n(C2CCCC2)c1=O.Cc1nc(NC(=O)N2CCCC2C(N)=O)sc1-c1ccnc(C(C)(C)C(F)(F)F)c1. The molecule has 16 nitrogen and oxygen atoms in total. The van der Waals surface area contributed by atoms with Crippen molar-refractivity contribution >= 4 is 62.7 Å². The number of carbonyl (C=O) groups is 3. The zero-order valence-corrected chi connectivity index (χ0v) is 36.6. The molecule has 1 unspecified atom stereocenters.